The molecule has 0 bridgehead atoms. The Morgan fingerprint density at radius 1 is 1.17 bits per heavy atom. The summed E-state index contributed by atoms with van der Waals surface area (Å²) in [5.74, 6) is -0.280. The predicted octanol–water partition coefficient (Wildman–Crippen LogP) is 5.22. The highest BCUT2D eigenvalue weighted by Crippen LogP contribution is 2.30. The van der Waals surface area contributed by atoms with Crippen molar-refractivity contribution in [1.29, 1.82) is 0 Å². The highest BCUT2D eigenvalue weighted by Gasteiger charge is 2.20. The number of hydrogen-bond donors (Lipinski definition) is 0. The molecule has 118 valence electrons. The molecule has 1 aromatic carbocycles. The third-order valence-corrected chi connectivity index (χ3v) is 4.03. The van der Waals surface area contributed by atoms with Crippen molar-refractivity contribution in [1.82, 2.24) is 4.40 Å². The van der Waals surface area contributed by atoms with Crippen molar-refractivity contribution in [3.05, 3.63) is 65.4 Å². The third-order valence-electron chi connectivity index (χ3n) is 3.77. The lowest BCUT2D eigenvalue weighted by molar-refractivity contribution is 0.0503. The van der Waals surface area contributed by atoms with E-state index in [0.29, 0.717) is 17.2 Å². The minimum atomic E-state index is -0.280. The quantitative estimate of drug-likeness (QED) is 0.475. The van der Waals surface area contributed by atoms with Crippen LogP contribution >= 0.6 is 11.6 Å². The minimum Gasteiger partial charge on any atom is -0.462 e. The highest BCUT2D eigenvalue weighted by atomic mass is 35.5. The summed E-state index contributed by atoms with van der Waals surface area (Å²) in [5, 5.41) is 0.671. The van der Waals surface area contributed by atoms with Crippen LogP contribution in [0.5, 0.6) is 0 Å². The number of carbonyl (C=O) groups excluding carboxylic acids is 1. The fourth-order valence-electron chi connectivity index (χ4n) is 2.57. The van der Waals surface area contributed by atoms with Crippen LogP contribution in [-0.2, 0) is 4.74 Å². The molecule has 3 aromatic rings. The molecule has 0 N–H and O–H groups in total. The van der Waals surface area contributed by atoms with Crippen LogP contribution in [0.1, 0.15) is 30.1 Å². The Kier molecular flexibility index (Phi) is 4.68. The Morgan fingerprint density at radius 2 is 1.96 bits per heavy atom. The largest absolute Gasteiger partial charge is 0.462 e. The van der Waals surface area contributed by atoms with Crippen molar-refractivity contribution in [2.45, 2.75) is 19.8 Å². The van der Waals surface area contributed by atoms with Gasteiger partial charge >= 0.3 is 5.97 Å². The van der Waals surface area contributed by atoms with E-state index in [-0.39, 0.29) is 5.97 Å². The maximum Gasteiger partial charge on any atom is 0.340 e. The van der Waals surface area contributed by atoms with E-state index in [1.807, 2.05) is 59.3 Å². The molecule has 2 aromatic heterocycles. The zero-order valence-corrected chi connectivity index (χ0v) is 13.7. The molecular weight excluding hydrogens is 310 g/mol. The van der Waals surface area contributed by atoms with E-state index < -0.39 is 0 Å². The summed E-state index contributed by atoms with van der Waals surface area (Å²) in [4.78, 5) is 12.6. The second-order valence-corrected chi connectivity index (χ2v) is 5.84. The average Bonchev–Trinajstić information content (AvgIpc) is 2.95. The topological polar surface area (TPSA) is 30.7 Å². The van der Waals surface area contributed by atoms with Gasteiger partial charge in [0.05, 0.1) is 17.7 Å². The first-order chi connectivity index (χ1) is 11.2. The van der Waals surface area contributed by atoms with Crippen LogP contribution in [0, 0.1) is 0 Å². The lowest BCUT2D eigenvalue weighted by atomic mass is 10.0. The average molecular weight is 328 g/mol. The number of pyridine rings is 1. The van der Waals surface area contributed by atoms with Crippen LogP contribution in [-0.4, -0.2) is 17.0 Å². The van der Waals surface area contributed by atoms with E-state index in [4.69, 9.17) is 16.3 Å². The number of carbonyl (C=O) groups is 1. The Bertz CT molecular complexity index is 821. The Hall–Kier alpha value is -2.26. The van der Waals surface area contributed by atoms with Gasteiger partial charge in [-0.3, -0.25) is 0 Å². The number of halogens is 1. The van der Waals surface area contributed by atoms with Crippen LogP contribution < -0.4 is 0 Å². The molecule has 23 heavy (non-hydrogen) atoms. The lowest BCUT2D eigenvalue weighted by Crippen LogP contribution is -2.07. The molecule has 0 saturated heterocycles. The molecule has 0 unspecified atom stereocenters. The van der Waals surface area contributed by atoms with Crippen molar-refractivity contribution in [2.75, 3.05) is 6.61 Å². The van der Waals surface area contributed by atoms with Gasteiger partial charge in [0.25, 0.3) is 0 Å². The van der Waals surface area contributed by atoms with Crippen LogP contribution in [0.3, 0.4) is 0 Å². The molecule has 0 saturated carbocycles. The molecule has 0 aliphatic heterocycles. The number of rotatable bonds is 5. The summed E-state index contributed by atoms with van der Waals surface area (Å²) in [6, 6.07) is 13.3. The molecular formula is C19H18ClNO2. The molecule has 0 fully saturated rings. The molecule has 0 amide bonds. The maximum absolute atomic E-state index is 12.6. The van der Waals surface area contributed by atoms with Gasteiger partial charge in [-0.2, -0.15) is 0 Å². The number of benzene rings is 1. The summed E-state index contributed by atoms with van der Waals surface area (Å²) in [6.45, 7) is 2.51. The molecule has 3 rings (SSSR count). The fourth-order valence-corrected chi connectivity index (χ4v) is 2.69. The standard InChI is InChI=1S/C19H18ClNO2/c1-2-3-12-23-19(22)18-16(14-7-9-15(20)10-8-14)13-21-11-5-4-6-17(18)21/h4-11,13H,2-3,12H2,1H3. The van der Waals surface area contributed by atoms with Crippen molar-refractivity contribution in [3.8, 4) is 11.1 Å². The van der Waals surface area contributed by atoms with Crippen molar-refractivity contribution in [2.24, 2.45) is 0 Å². The van der Waals surface area contributed by atoms with Gasteiger partial charge in [-0.1, -0.05) is 43.1 Å². The minimum absolute atomic E-state index is 0.280. The Balaban J connectivity index is 2.07. The van der Waals surface area contributed by atoms with Crippen molar-refractivity contribution < 1.29 is 9.53 Å². The molecule has 0 radical (unpaired) electrons. The van der Waals surface area contributed by atoms with Crippen molar-refractivity contribution >= 4 is 23.1 Å². The summed E-state index contributed by atoms with van der Waals surface area (Å²) in [6.07, 6.45) is 5.74. The number of fused-ring (bicyclic) bond motifs is 1. The first-order valence-corrected chi connectivity index (χ1v) is 8.11. The van der Waals surface area contributed by atoms with E-state index in [1.165, 1.54) is 0 Å². The Morgan fingerprint density at radius 3 is 2.70 bits per heavy atom. The Labute approximate surface area is 140 Å². The zero-order chi connectivity index (χ0) is 16.2. The molecule has 3 nitrogen and oxygen atoms in total. The first kappa shape index (κ1) is 15.6. The monoisotopic (exact) mass is 327 g/mol. The summed E-state index contributed by atoms with van der Waals surface area (Å²) < 4.78 is 7.39. The van der Waals surface area contributed by atoms with E-state index in [9.17, 15) is 4.79 Å². The van der Waals surface area contributed by atoms with Crippen LogP contribution in [0.15, 0.2) is 54.9 Å². The van der Waals surface area contributed by atoms with Gasteiger partial charge in [0.1, 0.15) is 0 Å². The highest BCUT2D eigenvalue weighted by molar-refractivity contribution is 6.30. The van der Waals surface area contributed by atoms with E-state index in [1.54, 1.807) is 0 Å². The molecule has 0 aliphatic carbocycles. The normalized spacial score (nSPS) is 10.9. The molecule has 2 heterocycles. The number of ether oxygens (including phenoxy) is 1. The van der Waals surface area contributed by atoms with Gasteiger partial charge in [0.2, 0.25) is 0 Å². The van der Waals surface area contributed by atoms with E-state index >= 15 is 0 Å². The SMILES string of the molecule is CCCCOC(=O)c1c(-c2ccc(Cl)cc2)cn2ccccc12. The van der Waals surface area contributed by atoms with Gasteiger partial charge in [-0.25, -0.2) is 4.79 Å². The summed E-state index contributed by atoms with van der Waals surface area (Å²) in [5.41, 5.74) is 3.25. The molecule has 0 aliphatic rings. The number of nitrogens with zero attached hydrogens (tertiary/aromatic N) is 1. The number of unbranched alkanes of at least 4 members (excludes halogenated alkanes) is 1. The second-order valence-electron chi connectivity index (χ2n) is 5.41. The summed E-state index contributed by atoms with van der Waals surface area (Å²) in [7, 11) is 0. The fraction of sp³-hybridized carbons (Fsp3) is 0.211. The van der Waals surface area contributed by atoms with Crippen LogP contribution in [0.2, 0.25) is 5.02 Å². The van der Waals surface area contributed by atoms with Gasteiger partial charge < -0.3 is 9.14 Å². The number of hydrogen-bond acceptors (Lipinski definition) is 2. The summed E-state index contributed by atoms with van der Waals surface area (Å²) >= 11 is 5.97. The van der Waals surface area contributed by atoms with Gasteiger partial charge in [0, 0.05) is 23.0 Å². The van der Waals surface area contributed by atoms with Gasteiger partial charge in [-0.05, 0) is 36.2 Å². The van der Waals surface area contributed by atoms with E-state index in [2.05, 4.69) is 6.92 Å². The predicted molar refractivity (Wildman–Crippen MR) is 93.0 cm³/mol. The van der Waals surface area contributed by atoms with E-state index in [0.717, 1.165) is 29.5 Å². The third kappa shape index (κ3) is 3.25. The zero-order valence-electron chi connectivity index (χ0n) is 13.0. The first-order valence-electron chi connectivity index (χ1n) is 7.73. The smallest absolute Gasteiger partial charge is 0.340 e. The van der Waals surface area contributed by atoms with Crippen LogP contribution in [0.25, 0.3) is 16.6 Å². The lowest BCUT2D eigenvalue weighted by Gasteiger charge is -2.06. The van der Waals surface area contributed by atoms with Gasteiger partial charge in [0.15, 0.2) is 0 Å². The second kappa shape index (κ2) is 6.88. The maximum atomic E-state index is 12.6. The number of aromatic nitrogens is 1. The molecule has 0 atom stereocenters. The number of esters is 1. The van der Waals surface area contributed by atoms with Crippen molar-refractivity contribution in [3.63, 3.8) is 0 Å². The molecule has 0 spiro atoms. The van der Waals surface area contributed by atoms with Gasteiger partial charge in [-0.15, -0.1) is 0 Å². The molecule has 4 heteroatoms. The van der Waals surface area contributed by atoms with Crippen LogP contribution in [0.4, 0.5) is 0 Å².